The van der Waals surface area contributed by atoms with Crippen molar-refractivity contribution in [3.8, 4) is 5.75 Å². The second-order valence-corrected chi connectivity index (χ2v) is 11.0. The van der Waals surface area contributed by atoms with Gasteiger partial charge in [-0.15, -0.1) is 0 Å². The lowest BCUT2D eigenvalue weighted by molar-refractivity contribution is 0.0730. The number of nitrogens with zero attached hydrogens (tertiary/aromatic N) is 1. The Balaban J connectivity index is 1.61. The highest BCUT2D eigenvalue weighted by Gasteiger charge is 2.42. The van der Waals surface area contributed by atoms with Crippen molar-refractivity contribution in [1.29, 1.82) is 0 Å². The lowest BCUT2D eigenvalue weighted by Crippen LogP contribution is -2.31. The first-order chi connectivity index (χ1) is 17.6. The van der Waals surface area contributed by atoms with Crippen LogP contribution >= 0.6 is 11.6 Å². The molecule has 0 radical (unpaired) electrons. The summed E-state index contributed by atoms with van der Waals surface area (Å²) in [4.78, 5) is 29.3. The predicted molar refractivity (Wildman–Crippen MR) is 147 cm³/mol. The Labute approximate surface area is 221 Å². The number of amides is 1. The first kappa shape index (κ1) is 25.1. The van der Waals surface area contributed by atoms with Gasteiger partial charge in [-0.1, -0.05) is 68.8 Å². The second-order valence-electron chi connectivity index (χ2n) is 10.6. The minimum Gasteiger partial charge on any atom is -0.497 e. The molecule has 3 aromatic carbocycles. The smallest absolute Gasteiger partial charge is 0.290 e. The maximum atomic E-state index is 13.8. The number of halogens is 1. The van der Waals surface area contributed by atoms with Gasteiger partial charge in [0.2, 0.25) is 5.76 Å². The summed E-state index contributed by atoms with van der Waals surface area (Å²) in [6.45, 7) is 8.74. The topological polar surface area (TPSA) is 59.8 Å². The molecule has 1 atom stereocenters. The van der Waals surface area contributed by atoms with E-state index in [2.05, 4.69) is 32.9 Å². The maximum Gasteiger partial charge on any atom is 0.290 e. The average molecular weight is 516 g/mol. The number of ether oxygens (including phenoxy) is 1. The molecule has 6 heteroatoms. The summed E-state index contributed by atoms with van der Waals surface area (Å²) in [5, 5.41) is 0.877. The summed E-state index contributed by atoms with van der Waals surface area (Å²) < 4.78 is 11.4. The van der Waals surface area contributed by atoms with Crippen LogP contribution in [0.15, 0.2) is 69.9 Å². The molecule has 0 fully saturated rings. The number of benzene rings is 3. The normalized spacial score (nSPS) is 15.4. The SMILES string of the molecule is COc1ccc(CCN2C(=O)c3oc4cc(C)c(Cl)cc4c(=O)c3[C@@H]2c2ccc(C(C)(C)C)cc2)cc1. The molecular formula is C31H30ClNO4. The lowest BCUT2D eigenvalue weighted by atomic mass is 9.86. The Bertz CT molecular complexity index is 1550. The molecule has 1 aliphatic heterocycles. The van der Waals surface area contributed by atoms with Gasteiger partial charge < -0.3 is 14.1 Å². The standard InChI is InChI=1S/C31H30ClNO4/c1-18-16-25-23(17-24(18)32)28(34)26-27(20-8-10-21(11-9-20)31(2,3)4)33(30(35)29(26)37-25)15-14-19-6-12-22(36-5)13-7-19/h6-13,16-17,27H,14-15H2,1-5H3/t27-/m0/s1. The van der Waals surface area contributed by atoms with Crippen LogP contribution in [0, 0.1) is 6.92 Å². The van der Waals surface area contributed by atoms with Gasteiger partial charge >= 0.3 is 0 Å². The van der Waals surface area contributed by atoms with Gasteiger partial charge in [0.1, 0.15) is 11.3 Å². The van der Waals surface area contributed by atoms with Crippen molar-refractivity contribution in [2.24, 2.45) is 0 Å². The van der Waals surface area contributed by atoms with Crippen LogP contribution in [0.1, 0.15) is 65.2 Å². The molecule has 4 aromatic rings. The van der Waals surface area contributed by atoms with Crippen LogP contribution in [-0.2, 0) is 11.8 Å². The minimum absolute atomic E-state index is 0.0141. The summed E-state index contributed by atoms with van der Waals surface area (Å²) >= 11 is 6.35. The fourth-order valence-electron chi connectivity index (χ4n) is 4.93. The van der Waals surface area contributed by atoms with Crippen molar-refractivity contribution in [3.05, 3.63) is 109 Å². The number of carbonyl (C=O) groups excluding carboxylic acids is 1. The molecule has 37 heavy (non-hydrogen) atoms. The van der Waals surface area contributed by atoms with E-state index in [4.69, 9.17) is 20.8 Å². The minimum atomic E-state index is -0.546. The van der Waals surface area contributed by atoms with Crippen LogP contribution < -0.4 is 10.2 Å². The number of carbonyl (C=O) groups is 1. The summed E-state index contributed by atoms with van der Waals surface area (Å²) in [7, 11) is 1.63. The number of rotatable bonds is 5. The molecule has 1 amide bonds. The molecular weight excluding hydrogens is 486 g/mol. The monoisotopic (exact) mass is 515 g/mol. The van der Waals surface area contributed by atoms with Crippen LogP contribution in [0.2, 0.25) is 5.02 Å². The Morgan fingerprint density at radius 2 is 1.68 bits per heavy atom. The van der Waals surface area contributed by atoms with Crippen LogP contribution in [-0.4, -0.2) is 24.5 Å². The number of hydrogen-bond donors (Lipinski definition) is 0. The van der Waals surface area contributed by atoms with Crippen molar-refractivity contribution in [2.45, 2.75) is 45.6 Å². The molecule has 0 aliphatic carbocycles. The quantitative estimate of drug-likeness (QED) is 0.291. The third-order valence-corrected chi connectivity index (χ3v) is 7.55. The third kappa shape index (κ3) is 4.53. The molecule has 0 N–H and O–H groups in total. The van der Waals surface area contributed by atoms with Crippen molar-refractivity contribution >= 4 is 28.5 Å². The summed E-state index contributed by atoms with van der Waals surface area (Å²) in [6.07, 6.45) is 0.624. The molecule has 0 saturated carbocycles. The molecule has 0 unspecified atom stereocenters. The van der Waals surface area contributed by atoms with Crippen molar-refractivity contribution in [1.82, 2.24) is 4.90 Å². The van der Waals surface area contributed by atoms with Gasteiger partial charge in [0, 0.05) is 11.6 Å². The van der Waals surface area contributed by atoms with Crippen LogP contribution in [0.4, 0.5) is 0 Å². The van der Waals surface area contributed by atoms with E-state index in [0.717, 1.165) is 22.4 Å². The molecule has 0 spiro atoms. The van der Waals surface area contributed by atoms with E-state index < -0.39 is 6.04 Å². The summed E-state index contributed by atoms with van der Waals surface area (Å²) in [5.74, 6) is 0.611. The van der Waals surface area contributed by atoms with Crippen LogP contribution in [0.25, 0.3) is 11.0 Å². The van der Waals surface area contributed by atoms with Gasteiger partial charge in [0.25, 0.3) is 5.91 Å². The first-order valence-corrected chi connectivity index (χ1v) is 12.8. The van der Waals surface area contributed by atoms with E-state index in [-0.39, 0.29) is 22.5 Å². The fraction of sp³-hybridized carbons (Fsp3) is 0.290. The zero-order valence-electron chi connectivity index (χ0n) is 21.7. The van der Waals surface area contributed by atoms with E-state index in [0.29, 0.717) is 34.5 Å². The average Bonchev–Trinajstić information content (AvgIpc) is 3.15. The molecule has 1 aliphatic rings. The summed E-state index contributed by atoms with van der Waals surface area (Å²) in [5.41, 5.74) is 4.42. The van der Waals surface area contributed by atoms with Crippen molar-refractivity contribution in [3.63, 3.8) is 0 Å². The Hall–Kier alpha value is -3.57. The number of hydrogen-bond acceptors (Lipinski definition) is 4. The summed E-state index contributed by atoms with van der Waals surface area (Å²) in [6, 6.07) is 18.8. The number of methoxy groups -OCH3 is 1. The largest absolute Gasteiger partial charge is 0.497 e. The zero-order valence-corrected chi connectivity index (χ0v) is 22.5. The highest BCUT2D eigenvalue weighted by molar-refractivity contribution is 6.32. The molecule has 190 valence electrons. The van der Waals surface area contributed by atoms with Gasteiger partial charge in [-0.25, -0.2) is 0 Å². The second kappa shape index (κ2) is 9.38. The molecule has 0 bridgehead atoms. The highest BCUT2D eigenvalue weighted by Crippen LogP contribution is 2.39. The lowest BCUT2D eigenvalue weighted by Gasteiger charge is -2.26. The van der Waals surface area contributed by atoms with Gasteiger partial charge in [0.15, 0.2) is 5.43 Å². The zero-order chi connectivity index (χ0) is 26.5. The van der Waals surface area contributed by atoms with Crippen molar-refractivity contribution < 1.29 is 13.9 Å². The van der Waals surface area contributed by atoms with E-state index in [1.807, 2.05) is 43.3 Å². The van der Waals surface area contributed by atoms with Gasteiger partial charge in [0.05, 0.1) is 24.1 Å². The Morgan fingerprint density at radius 3 is 2.30 bits per heavy atom. The number of aryl methyl sites for hydroxylation is 1. The first-order valence-electron chi connectivity index (χ1n) is 12.4. The highest BCUT2D eigenvalue weighted by atomic mass is 35.5. The van der Waals surface area contributed by atoms with E-state index in [1.165, 1.54) is 5.56 Å². The van der Waals surface area contributed by atoms with E-state index >= 15 is 0 Å². The molecule has 5 rings (SSSR count). The fourth-order valence-corrected chi connectivity index (χ4v) is 5.09. The molecule has 1 aromatic heterocycles. The van der Waals surface area contributed by atoms with Crippen LogP contribution in [0.5, 0.6) is 5.75 Å². The maximum absolute atomic E-state index is 13.8. The Morgan fingerprint density at radius 1 is 1.00 bits per heavy atom. The number of fused-ring (bicyclic) bond motifs is 2. The van der Waals surface area contributed by atoms with Gasteiger partial charge in [-0.2, -0.15) is 0 Å². The predicted octanol–water partition coefficient (Wildman–Crippen LogP) is 6.85. The molecule has 0 saturated heterocycles. The van der Waals surface area contributed by atoms with E-state index in [1.54, 1.807) is 24.1 Å². The van der Waals surface area contributed by atoms with Crippen molar-refractivity contribution in [2.75, 3.05) is 13.7 Å². The van der Waals surface area contributed by atoms with E-state index in [9.17, 15) is 9.59 Å². The molecule has 2 heterocycles. The van der Waals surface area contributed by atoms with Gasteiger partial charge in [-0.05, 0) is 65.3 Å². The van der Waals surface area contributed by atoms with Crippen LogP contribution in [0.3, 0.4) is 0 Å². The third-order valence-electron chi connectivity index (χ3n) is 7.14. The Kier molecular flexibility index (Phi) is 6.36. The molecule has 5 nitrogen and oxygen atoms in total. The van der Waals surface area contributed by atoms with Gasteiger partial charge in [-0.3, -0.25) is 9.59 Å².